The van der Waals surface area contributed by atoms with E-state index in [1.165, 1.54) is 44.6 Å². The Bertz CT molecular complexity index is 226. The third-order valence-electron chi connectivity index (χ3n) is 3.81. The van der Waals surface area contributed by atoms with Crippen molar-refractivity contribution in [3.63, 3.8) is 0 Å². The molecular weight excluding hydrogens is 228 g/mol. The van der Waals surface area contributed by atoms with E-state index in [4.69, 9.17) is 5.73 Å². The minimum Gasteiger partial charge on any atom is -0.330 e. The van der Waals surface area contributed by atoms with E-state index in [1.54, 1.807) is 0 Å². The zero-order chi connectivity index (χ0) is 12.9. The minimum atomic E-state index is 0.319. The molecule has 0 aromatic heterocycles. The van der Waals surface area contributed by atoms with Gasteiger partial charge < -0.3 is 10.6 Å². The smallest absolute Gasteiger partial charge is 0.0116 e. The molecule has 3 heteroatoms. The fourth-order valence-electron chi connectivity index (χ4n) is 2.17. The van der Waals surface area contributed by atoms with E-state index in [2.05, 4.69) is 44.4 Å². The van der Waals surface area contributed by atoms with Crippen molar-refractivity contribution in [3.8, 4) is 0 Å². The van der Waals surface area contributed by atoms with Gasteiger partial charge in [-0.3, -0.25) is 0 Å². The third-order valence-corrected chi connectivity index (χ3v) is 5.18. The average molecular weight is 258 g/mol. The van der Waals surface area contributed by atoms with E-state index in [0.717, 1.165) is 6.54 Å². The Morgan fingerprint density at radius 2 is 2.00 bits per heavy atom. The van der Waals surface area contributed by atoms with E-state index in [9.17, 15) is 0 Å². The monoisotopic (exact) mass is 258 g/mol. The molecule has 0 atom stereocenters. The van der Waals surface area contributed by atoms with E-state index in [-0.39, 0.29) is 0 Å². The van der Waals surface area contributed by atoms with Gasteiger partial charge in [0.2, 0.25) is 0 Å². The van der Waals surface area contributed by atoms with Crippen molar-refractivity contribution in [3.05, 3.63) is 0 Å². The summed E-state index contributed by atoms with van der Waals surface area (Å²) >= 11 is 2.13. The number of hydrogen-bond donors (Lipinski definition) is 1. The van der Waals surface area contributed by atoms with Crippen molar-refractivity contribution in [2.24, 2.45) is 11.1 Å². The van der Waals surface area contributed by atoms with Gasteiger partial charge in [0.1, 0.15) is 0 Å². The van der Waals surface area contributed by atoms with Crippen LogP contribution >= 0.6 is 11.8 Å². The van der Waals surface area contributed by atoms with Crippen molar-refractivity contribution >= 4 is 11.8 Å². The lowest BCUT2D eigenvalue weighted by molar-refractivity contribution is 0.250. The average Bonchev–Trinajstić information content (AvgIpc) is 2.40. The predicted octanol–water partition coefficient (Wildman–Crippen LogP) is 2.97. The van der Waals surface area contributed by atoms with Gasteiger partial charge in [-0.1, -0.05) is 27.7 Å². The highest BCUT2D eigenvalue weighted by Gasteiger charge is 2.23. The lowest BCUT2D eigenvalue weighted by atomic mass is 9.88. The number of rotatable bonds is 5. The lowest BCUT2D eigenvalue weighted by Gasteiger charge is -2.25. The summed E-state index contributed by atoms with van der Waals surface area (Å²) < 4.78 is 0.477. The van der Waals surface area contributed by atoms with Crippen molar-refractivity contribution < 1.29 is 0 Å². The summed E-state index contributed by atoms with van der Waals surface area (Å²) in [5.41, 5.74) is 6.09. The molecule has 0 spiro atoms. The normalized spacial score (nSPS) is 22.4. The van der Waals surface area contributed by atoms with Crippen LogP contribution in [-0.2, 0) is 0 Å². The second kappa shape index (κ2) is 6.44. The molecule has 1 heterocycles. The van der Waals surface area contributed by atoms with Crippen LogP contribution < -0.4 is 5.73 Å². The van der Waals surface area contributed by atoms with Gasteiger partial charge in [0, 0.05) is 17.0 Å². The standard InChI is InChI=1S/C14H30N2S/c1-13(2,12-15)6-5-8-16-9-7-14(3,4)17-11-10-16/h5-12,15H2,1-4H3. The van der Waals surface area contributed by atoms with Gasteiger partial charge in [-0.25, -0.2) is 0 Å². The summed E-state index contributed by atoms with van der Waals surface area (Å²) in [5, 5.41) is 0. The summed E-state index contributed by atoms with van der Waals surface area (Å²) in [5.74, 6) is 1.29. The molecular formula is C14H30N2S. The van der Waals surface area contributed by atoms with Gasteiger partial charge in [-0.15, -0.1) is 0 Å². The van der Waals surface area contributed by atoms with Gasteiger partial charge >= 0.3 is 0 Å². The summed E-state index contributed by atoms with van der Waals surface area (Å²) in [6.07, 6.45) is 3.85. The second-order valence-corrected chi connectivity index (χ2v) is 8.47. The zero-order valence-electron chi connectivity index (χ0n) is 12.1. The first-order chi connectivity index (χ1) is 7.85. The number of nitrogens with two attached hydrogens (primary N) is 1. The Hall–Kier alpha value is 0.270. The molecule has 0 unspecified atom stereocenters. The van der Waals surface area contributed by atoms with E-state index in [1.807, 2.05) is 0 Å². The number of hydrogen-bond acceptors (Lipinski definition) is 3. The molecule has 1 fully saturated rings. The first kappa shape index (κ1) is 15.3. The largest absolute Gasteiger partial charge is 0.330 e. The Morgan fingerprint density at radius 3 is 2.65 bits per heavy atom. The van der Waals surface area contributed by atoms with Crippen LogP contribution in [0.1, 0.15) is 47.0 Å². The van der Waals surface area contributed by atoms with Crippen LogP contribution in [0.3, 0.4) is 0 Å². The predicted molar refractivity (Wildman–Crippen MR) is 79.7 cm³/mol. The summed E-state index contributed by atoms with van der Waals surface area (Å²) in [6.45, 7) is 13.9. The van der Waals surface area contributed by atoms with Gasteiger partial charge in [-0.05, 0) is 44.3 Å². The first-order valence-electron chi connectivity index (χ1n) is 6.91. The molecule has 0 aliphatic carbocycles. The molecule has 2 N–H and O–H groups in total. The molecule has 1 aliphatic heterocycles. The highest BCUT2D eigenvalue weighted by Crippen LogP contribution is 2.30. The highest BCUT2D eigenvalue weighted by atomic mass is 32.2. The Labute approximate surface area is 112 Å². The SMILES string of the molecule is CC(C)(CN)CCCN1CCSC(C)(C)CC1. The molecule has 0 bridgehead atoms. The summed E-state index contributed by atoms with van der Waals surface area (Å²) in [6, 6.07) is 0. The van der Waals surface area contributed by atoms with E-state index >= 15 is 0 Å². The van der Waals surface area contributed by atoms with Crippen LogP contribution in [0.25, 0.3) is 0 Å². The maximum absolute atomic E-state index is 5.77. The van der Waals surface area contributed by atoms with Crippen LogP contribution in [0, 0.1) is 5.41 Å². The summed E-state index contributed by atoms with van der Waals surface area (Å²) in [7, 11) is 0. The Morgan fingerprint density at radius 1 is 1.29 bits per heavy atom. The Kier molecular flexibility index (Phi) is 5.81. The quantitative estimate of drug-likeness (QED) is 0.822. The van der Waals surface area contributed by atoms with Crippen LogP contribution in [0.4, 0.5) is 0 Å². The molecule has 0 aromatic carbocycles. The van der Waals surface area contributed by atoms with Crippen molar-refractivity contribution in [2.45, 2.75) is 51.7 Å². The van der Waals surface area contributed by atoms with Gasteiger partial charge in [-0.2, -0.15) is 11.8 Å². The maximum Gasteiger partial charge on any atom is 0.0116 e. The van der Waals surface area contributed by atoms with E-state index in [0.29, 0.717) is 10.2 Å². The molecule has 0 amide bonds. The van der Waals surface area contributed by atoms with Crippen molar-refractivity contribution in [2.75, 3.05) is 31.9 Å². The molecule has 1 aliphatic rings. The Balaban J connectivity index is 2.24. The molecule has 1 rings (SSSR count). The number of thioether (sulfide) groups is 1. The van der Waals surface area contributed by atoms with Crippen molar-refractivity contribution in [1.29, 1.82) is 0 Å². The highest BCUT2D eigenvalue weighted by molar-refractivity contribution is 8.00. The molecule has 2 nitrogen and oxygen atoms in total. The van der Waals surface area contributed by atoms with Crippen LogP contribution in [0.15, 0.2) is 0 Å². The maximum atomic E-state index is 5.77. The van der Waals surface area contributed by atoms with Crippen LogP contribution in [0.5, 0.6) is 0 Å². The molecule has 17 heavy (non-hydrogen) atoms. The van der Waals surface area contributed by atoms with Crippen LogP contribution in [0.2, 0.25) is 0 Å². The molecule has 0 radical (unpaired) electrons. The minimum absolute atomic E-state index is 0.319. The molecule has 1 saturated heterocycles. The summed E-state index contributed by atoms with van der Waals surface area (Å²) in [4.78, 5) is 2.63. The lowest BCUT2D eigenvalue weighted by Crippen LogP contribution is -2.30. The molecule has 102 valence electrons. The van der Waals surface area contributed by atoms with Crippen LogP contribution in [-0.4, -0.2) is 41.6 Å². The number of nitrogens with zero attached hydrogens (tertiary/aromatic N) is 1. The fourth-order valence-corrected chi connectivity index (χ4v) is 3.31. The fraction of sp³-hybridized carbons (Fsp3) is 1.00. The van der Waals surface area contributed by atoms with E-state index < -0.39 is 0 Å². The molecule has 0 saturated carbocycles. The van der Waals surface area contributed by atoms with Gasteiger partial charge in [0.15, 0.2) is 0 Å². The topological polar surface area (TPSA) is 29.3 Å². The second-order valence-electron chi connectivity index (χ2n) is 6.67. The molecule has 0 aromatic rings. The third kappa shape index (κ3) is 6.12. The van der Waals surface area contributed by atoms with Gasteiger partial charge in [0.25, 0.3) is 0 Å². The van der Waals surface area contributed by atoms with Crippen molar-refractivity contribution in [1.82, 2.24) is 4.90 Å². The zero-order valence-corrected chi connectivity index (χ0v) is 12.9. The van der Waals surface area contributed by atoms with Gasteiger partial charge in [0.05, 0.1) is 0 Å². The first-order valence-corrected chi connectivity index (χ1v) is 7.90.